The predicted octanol–water partition coefficient (Wildman–Crippen LogP) is 18.8. The maximum absolute atomic E-state index is 12.8. The lowest BCUT2D eigenvalue weighted by molar-refractivity contribution is -0.167. The molecular formula is C60H106O6. The molecule has 0 spiro atoms. The summed E-state index contributed by atoms with van der Waals surface area (Å²) in [7, 11) is 0. The molecule has 0 amide bonds. The van der Waals surface area contributed by atoms with Gasteiger partial charge in [-0.1, -0.05) is 261 Å². The van der Waals surface area contributed by atoms with Gasteiger partial charge in [0.2, 0.25) is 0 Å². The summed E-state index contributed by atoms with van der Waals surface area (Å²) in [5.41, 5.74) is 0. The summed E-state index contributed by atoms with van der Waals surface area (Å²) in [6, 6.07) is 0. The second-order valence-electron chi connectivity index (χ2n) is 18.8. The summed E-state index contributed by atoms with van der Waals surface area (Å²) in [6.45, 7) is 6.45. The van der Waals surface area contributed by atoms with E-state index >= 15 is 0 Å². The zero-order valence-electron chi connectivity index (χ0n) is 43.7. The van der Waals surface area contributed by atoms with E-state index in [-0.39, 0.29) is 31.1 Å². The third-order valence-corrected chi connectivity index (χ3v) is 12.3. The van der Waals surface area contributed by atoms with Crippen LogP contribution in [0.25, 0.3) is 0 Å². The van der Waals surface area contributed by atoms with Gasteiger partial charge in [-0.05, 0) is 64.2 Å². The molecule has 0 aromatic carbocycles. The predicted molar refractivity (Wildman–Crippen MR) is 284 cm³/mol. The SMILES string of the molecule is CC/C=C\C/C=C\C/C=C\C/C=C\C/C=C\CCCCCCCC(=O)OC(COC(=O)CCCCCCC)COC(=O)CCCCCCCCCCCCCCCCCCCCCCCC. The van der Waals surface area contributed by atoms with Gasteiger partial charge >= 0.3 is 17.9 Å². The van der Waals surface area contributed by atoms with Crippen LogP contribution >= 0.6 is 0 Å². The van der Waals surface area contributed by atoms with Crippen molar-refractivity contribution < 1.29 is 28.6 Å². The van der Waals surface area contributed by atoms with Crippen LogP contribution in [0.3, 0.4) is 0 Å². The van der Waals surface area contributed by atoms with E-state index in [1.165, 1.54) is 128 Å². The van der Waals surface area contributed by atoms with E-state index in [9.17, 15) is 14.4 Å². The third kappa shape index (κ3) is 52.1. The minimum Gasteiger partial charge on any atom is -0.462 e. The van der Waals surface area contributed by atoms with Gasteiger partial charge in [0.25, 0.3) is 0 Å². The molecule has 0 fully saturated rings. The third-order valence-electron chi connectivity index (χ3n) is 12.3. The van der Waals surface area contributed by atoms with Gasteiger partial charge in [0.05, 0.1) is 0 Å². The highest BCUT2D eigenvalue weighted by atomic mass is 16.6. The summed E-state index contributed by atoms with van der Waals surface area (Å²) in [5.74, 6) is -0.903. The molecule has 0 N–H and O–H groups in total. The molecule has 0 bridgehead atoms. The first kappa shape index (κ1) is 63.1. The first-order chi connectivity index (χ1) is 32.5. The van der Waals surface area contributed by atoms with Crippen LogP contribution in [0.2, 0.25) is 0 Å². The molecule has 0 saturated heterocycles. The summed E-state index contributed by atoms with van der Waals surface area (Å²) >= 11 is 0. The van der Waals surface area contributed by atoms with Crippen molar-refractivity contribution in [1.82, 2.24) is 0 Å². The van der Waals surface area contributed by atoms with E-state index in [4.69, 9.17) is 14.2 Å². The summed E-state index contributed by atoms with van der Waals surface area (Å²) in [6.07, 6.45) is 68.3. The van der Waals surface area contributed by atoms with Gasteiger partial charge in [-0.15, -0.1) is 0 Å². The Hall–Kier alpha value is -2.89. The molecule has 0 heterocycles. The van der Waals surface area contributed by atoms with Crippen LogP contribution < -0.4 is 0 Å². The first-order valence-corrected chi connectivity index (χ1v) is 28.3. The summed E-state index contributed by atoms with van der Waals surface area (Å²) < 4.78 is 16.7. The molecule has 0 aliphatic carbocycles. The number of rotatable bonds is 51. The monoisotopic (exact) mass is 923 g/mol. The number of hydrogen-bond acceptors (Lipinski definition) is 6. The van der Waals surface area contributed by atoms with E-state index in [1.54, 1.807) is 0 Å². The molecule has 0 rings (SSSR count). The van der Waals surface area contributed by atoms with E-state index in [0.29, 0.717) is 19.3 Å². The lowest BCUT2D eigenvalue weighted by Crippen LogP contribution is -2.30. The number of hydrogen-bond donors (Lipinski definition) is 0. The van der Waals surface area contributed by atoms with Crippen molar-refractivity contribution in [3.8, 4) is 0 Å². The van der Waals surface area contributed by atoms with Crippen molar-refractivity contribution in [3.63, 3.8) is 0 Å². The highest BCUT2D eigenvalue weighted by Gasteiger charge is 2.19. The maximum atomic E-state index is 12.8. The van der Waals surface area contributed by atoms with Crippen LogP contribution in [-0.2, 0) is 28.6 Å². The first-order valence-electron chi connectivity index (χ1n) is 28.3. The lowest BCUT2D eigenvalue weighted by Gasteiger charge is -2.18. The van der Waals surface area contributed by atoms with Crippen molar-refractivity contribution >= 4 is 17.9 Å². The highest BCUT2D eigenvalue weighted by molar-refractivity contribution is 5.71. The van der Waals surface area contributed by atoms with Crippen molar-refractivity contribution in [3.05, 3.63) is 60.8 Å². The van der Waals surface area contributed by atoms with Crippen LogP contribution in [-0.4, -0.2) is 37.2 Å². The van der Waals surface area contributed by atoms with Crippen LogP contribution in [0.4, 0.5) is 0 Å². The highest BCUT2D eigenvalue weighted by Crippen LogP contribution is 2.16. The maximum Gasteiger partial charge on any atom is 0.306 e. The molecule has 0 radical (unpaired) electrons. The average Bonchev–Trinajstić information content (AvgIpc) is 3.31. The molecule has 1 atom stereocenters. The molecule has 0 aliphatic heterocycles. The second-order valence-corrected chi connectivity index (χ2v) is 18.8. The van der Waals surface area contributed by atoms with Crippen LogP contribution in [0.5, 0.6) is 0 Å². The number of allylic oxidation sites excluding steroid dienone is 10. The Bertz CT molecular complexity index is 1200. The Morgan fingerprint density at radius 2 is 0.591 bits per heavy atom. The van der Waals surface area contributed by atoms with Gasteiger partial charge in [0, 0.05) is 19.3 Å². The van der Waals surface area contributed by atoms with E-state index in [0.717, 1.165) is 116 Å². The van der Waals surface area contributed by atoms with Gasteiger partial charge < -0.3 is 14.2 Å². The van der Waals surface area contributed by atoms with Crippen LogP contribution in [0.1, 0.15) is 284 Å². The number of carbonyl (C=O) groups excluding carboxylic acids is 3. The fourth-order valence-corrected chi connectivity index (χ4v) is 8.06. The normalized spacial score (nSPS) is 12.5. The Morgan fingerprint density at radius 1 is 0.318 bits per heavy atom. The molecule has 66 heavy (non-hydrogen) atoms. The molecule has 382 valence electrons. The zero-order valence-corrected chi connectivity index (χ0v) is 43.7. The van der Waals surface area contributed by atoms with Gasteiger partial charge in [0.15, 0.2) is 6.10 Å². The minimum atomic E-state index is -0.779. The second kappa shape index (κ2) is 54.7. The fourth-order valence-electron chi connectivity index (χ4n) is 8.06. The van der Waals surface area contributed by atoms with Crippen molar-refractivity contribution in [2.45, 2.75) is 290 Å². The van der Waals surface area contributed by atoms with Crippen molar-refractivity contribution in [1.29, 1.82) is 0 Å². The number of carbonyl (C=O) groups is 3. The molecule has 0 aromatic heterocycles. The van der Waals surface area contributed by atoms with Crippen LogP contribution in [0.15, 0.2) is 60.8 Å². The number of unbranched alkanes of at least 4 members (excludes halogenated alkanes) is 30. The molecule has 0 aromatic rings. The quantitative estimate of drug-likeness (QED) is 0.0262. The Morgan fingerprint density at radius 3 is 0.924 bits per heavy atom. The zero-order chi connectivity index (χ0) is 47.9. The van der Waals surface area contributed by atoms with E-state index in [2.05, 4.69) is 81.5 Å². The summed E-state index contributed by atoms with van der Waals surface area (Å²) in [4.78, 5) is 37.8. The van der Waals surface area contributed by atoms with E-state index < -0.39 is 6.10 Å². The topological polar surface area (TPSA) is 78.9 Å². The van der Waals surface area contributed by atoms with Gasteiger partial charge in [0.1, 0.15) is 13.2 Å². The average molecular weight is 924 g/mol. The molecule has 0 aliphatic rings. The molecule has 6 heteroatoms. The van der Waals surface area contributed by atoms with Crippen molar-refractivity contribution in [2.24, 2.45) is 0 Å². The standard InChI is InChI=1S/C60H106O6/c1-4-7-10-13-15-17-19-21-23-25-27-29-31-32-34-36-38-40-42-44-47-50-53-59(62)65-56-57(55-64-58(61)52-49-46-12-9-6-3)66-60(63)54-51-48-45-43-41-39-37-35-33-30-28-26-24-22-20-18-16-14-11-8-5-2/h8,11,16,18,22,24,28,30,35,37,57H,4-7,9-10,12-15,17,19-21,23,25-27,29,31-34,36,38-56H2,1-3H3/b11-8-,18-16-,24-22-,30-28-,37-35-. The molecule has 6 nitrogen and oxygen atoms in total. The largest absolute Gasteiger partial charge is 0.462 e. The number of ether oxygens (including phenoxy) is 3. The van der Waals surface area contributed by atoms with Gasteiger partial charge in [-0.2, -0.15) is 0 Å². The minimum absolute atomic E-state index is 0.0799. The lowest BCUT2D eigenvalue weighted by atomic mass is 10.0. The molecule has 0 saturated carbocycles. The van der Waals surface area contributed by atoms with Gasteiger partial charge in [-0.25, -0.2) is 0 Å². The van der Waals surface area contributed by atoms with Crippen molar-refractivity contribution in [2.75, 3.05) is 13.2 Å². The number of esters is 3. The van der Waals surface area contributed by atoms with E-state index in [1.807, 2.05) is 0 Å². The molecular weight excluding hydrogens is 817 g/mol. The van der Waals surface area contributed by atoms with Gasteiger partial charge in [-0.3, -0.25) is 14.4 Å². The Labute approximate surface area is 409 Å². The fraction of sp³-hybridized carbons (Fsp3) is 0.783. The Balaban J connectivity index is 4.12. The molecule has 1 unspecified atom stereocenters. The summed E-state index contributed by atoms with van der Waals surface area (Å²) in [5, 5.41) is 0. The smallest absolute Gasteiger partial charge is 0.306 e. The van der Waals surface area contributed by atoms with Crippen LogP contribution in [0, 0.1) is 0 Å². The Kier molecular flexibility index (Phi) is 52.3.